The summed E-state index contributed by atoms with van der Waals surface area (Å²) < 4.78 is 0. The molecule has 3 rings (SSSR count). The summed E-state index contributed by atoms with van der Waals surface area (Å²) in [6.45, 7) is 5.55. The maximum absolute atomic E-state index is 12.2. The van der Waals surface area contributed by atoms with Crippen LogP contribution in [0.25, 0.3) is 0 Å². The van der Waals surface area contributed by atoms with E-state index in [9.17, 15) is 4.79 Å². The zero-order valence-electron chi connectivity index (χ0n) is 12.4. The molecular weight excluding hydrogens is 284 g/mol. The minimum absolute atomic E-state index is 0.220. The van der Waals surface area contributed by atoms with Gasteiger partial charge in [0.15, 0.2) is 5.78 Å². The van der Waals surface area contributed by atoms with E-state index in [1.807, 2.05) is 12.1 Å². The van der Waals surface area contributed by atoms with Crippen LogP contribution in [0.1, 0.15) is 36.0 Å². The Kier molecular flexibility index (Phi) is 4.94. The molecule has 0 N–H and O–H groups in total. The number of ketones is 1. The average Bonchev–Trinajstić information content (AvgIpc) is 2.53. The fourth-order valence-electron chi connectivity index (χ4n) is 3.46. The maximum Gasteiger partial charge on any atom is 0.164 e. The molecule has 0 amide bonds. The van der Waals surface area contributed by atoms with Crippen molar-refractivity contribution in [2.75, 3.05) is 32.7 Å². The Balaban J connectivity index is 1.48. The number of piperidine rings is 1. The molecule has 2 fully saturated rings. The van der Waals surface area contributed by atoms with Gasteiger partial charge in [0, 0.05) is 49.2 Å². The largest absolute Gasteiger partial charge is 0.300 e. The lowest BCUT2D eigenvalue weighted by molar-refractivity contribution is 0.0480. The fourth-order valence-corrected chi connectivity index (χ4v) is 3.59. The van der Waals surface area contributed by atoms with Gasteiger partial charge in [-0.2, -0.15) is 0 Å². The third-order valence-corrected chi connectivity index (χ3v) is 4.99. The zero-order valence-corrected chi connectivity index (χ0v) is 13.2. The SMILES string of the molecule is O=C(CCN1CCN2CCCCC2C1)c1ccc(Cl)cc1. The summed E-state index contributed by atoms with van der Waals surface area (Å²) in [5, 5.41) is 0.681. The number of hydrogen-bond acceptors (Lipinski definition) is 3. The normalized spacial score (nSPS) is 23.8. The summed E-state index contributed by atoms with van der Waals surface area (Å²) in [6, 6.07) is 7.94. The molecule has 0 aliphatic carbocycles. The van der Waals surface area contributed by atoms with Gasteiger partial charge in [0.05, 0.1) is 0 Å². The molecule has 0 saturated carbocycles. The molecule has 1 atom stereocenters. The van der Waals surface area contributed by atoms with Gasteiger partial charge >= 0.3 is 0 Å². The molecule has 0 bridgehead atoms. The number of piperazine rings is 1. The molecule has 2 aliphatic heterocycles. The number of benzene rings is 1. The number of Topliss-reactive ketones (excluding diaryl/α,β-unsaturated/α-hetero) is 1. The number of halogens is 1. The van der Waals surface area contributed by atoms with Gasteiger partial charge in [-0.3, -0.25) is 9.69 Å². The second kappa shape index (κ2) is 6.91. The summed E-state index contributed by atoms with van der Waals surface area (Å²) in [5.41, 5.74) is 0.774. The number of nitrogens with zero attached hydrogens (tertiary/aromatic N) is 2. The van der Waals surface area contributed by atoms with Gasteiger partial charge in [-0.05, 0) is 43.7 Å². The summed E-state index contributed by atoms with van der Waals surface area (Å²) in [5.74, 6) is 0.220. The van der Waals surface area contributed by atoms with Gasteiger partial charge in [0.1, 0.15) is 0 Å². The average molecular weight is 307 g/mol. The van der Waals surface area contributed by atoms with E-state index in [-0.39, 0.29) is 5.78 Å². The van der Waals surface area contributed by atoms with E-state index in [0.717, 1.165) is 31.2 Å². The first-order chi connectivity index (χ1) is 10.2. The van der Waals surface area contributed by atoms with Crippen molar-refractivity contribution in [3.05, 3.63) is 34.9 Å². The van der Waals surface area contributed by atoms with Crippen LogP contribution in [0.5, 0.6) is 0 Å². The van der Waals surface area contributed by atoms with Gasteiger partial charge in [0.2, 0.25) is 0 Å². The second-order valence-electron chi connectivity index (χ2n) is 6.17. The Morgan fingerprint density at radius 1 is 1.14 bits per heavy atom. The molecule has 1 unspecified atom stereocenters. The van der Waals surface area contributed by atoms with Crippen LogP contribution in [0.15, 0.2) is 24.3 Å². The maximum atomic E-state index is 12.2. The molecule has 2 aliphatic rings. The topological polar surface area (TPSA) is 23.6 Å². The van der Waals surface area contributed by atoms with Crippen molar-refractivity contribution >= 4 is 17.4 Å². The van der Waals surface area contributed by atoms with E-state index in [1.54, 1.807) is 12.1 Å². The van der Waals surface area contributed by atoms with Gasteiger partial charge < -0.3 is 4.90 Å². The van der Waals surface area contributed by atoms with E-state index in [2.05, 4.69) is 9.80 Å². The van der Waals surface area contributed by atoms with Crippen molar-refractivity contribution < 1.29 is 4.79 Å². The molecule has 0 spiro atoms. The molecule has 0 aromatic heterocycles. The Labute approximate surface area is 131 Å². The molecule has 1 aromatic rings. The van der Waals surface area contributed by atoms with Crippen LogP contribution in [-0.2, 0) is 0 Å². The Morgan fingerprint density at radius 2 is 1.95 bits per heavy atom. The number of fused-ring (bicyclic) bond motifs is 1. The first-order valence-corrected chi connectivity index (χ1v) is 8.35. The third kappa shape index (κ3) is 3.85. The van der Waals surface area contributed by atoms with Crippen molar-refractivity contribution in [2.45, 2.75) is 31.7 Å². The first kappa shape index (κ1) is 15.0. The van der Waals surface area contributed by atoms with E-state index in [0.29, 0.717) is 11.4 Å². The Bertz CT molecular complexity index is 488. The predicted octanol–water partition coefficient (Wildman–Crippen LogP) is 3.08. The number of rotatable bonds is 4. The van der Waals surface area contributed by atoms with Crippen LogP contribution >= 0.6 is 11.6 Å². The lowest BCUT2D eigenvalue weighted by Crippen LogP contribution is -2.54. The van der Waals surface area contributed by atoms with Gasteiger partial charge in [-0.15, -0.1) is 0 Å². The summed E-state index contributed by atoms with van der Waals surface area (Å²) in [7, 11) is 0. The van der Waals surface area contributed by atoms with Crippen LogP contribution in [0, 0.1) is 0 Å². The summed E-state index contributed by atoms with van der Waals surface area (Å²) >= 11 is 5.86. The zero-order chi connectivity index (χ0) is 14.7. The first-order valence-electron chi connectivity index (χ1n) is 7.97. The van der Waals surface area contributed by atoms with Crippen LogP contribution < -0.4 is 0 Å². The highest BCUT2D eigenvalue weighted by Gasteiger charge is 2.28. The summed E-state index contributed by atoms with van der Waals surface area (Å²) in [4.78, 5) is 17.3. The van der Waals surface area contributed by atoms with Gasteiger partial charge in [-0.25, -0.2) is 0 Å². The monoisotopic (exact) mass is 306 g/mol. The highest BCUT2D eigenvalue weighted by atomic mass is 35.5. The van der Waals surface area contributed by atoms with Crippen molar-refractivity contribution in [2.24, 2.45) is 0 Å². The van der Waals surface area contributed by atoms with Gasteiger partial charge in [-0.1, -0.05) is 18.0 Å². The van der Waals surface area contributed by atoms with Crippen LogP contribution in [0.2, 0.25) is 5.02 Å². The predicted molar refractivity (Wildman–Crippen MR) is 86.1 cm³/mol. The second-order valence-corrected chi connectivity index (χ2v) is 6.60. The Morgan fingerprint density at radius 3 is 2.76 bits per heavy atom. The molecule has 114 valence electrons. The van der Waals surface area contributed by atoms with Crippen molar-refractivity contribution in [1.82, 2.24) is 9.80 Å². The van der Waals surface area contributed by atoms with Crippen LogP contribution in [-0.4, -0.2) is 54.3 Å². The van der Waals surface area contributed by atoms with Crippen LogP contribution in [0.3, 0.4) is 0 Å². The molecule has 4 heteroatoms. The van der Waals surface area contributed by atoms with Crippen molar-refractivity contribution in [3.63, 3.8) is 0 Å². The standard InChI is InChI=1S/C17H23ClN2O/c18-15-6-4-14(5-7-15)17(21)8-10-19-11-12-20-9-2-1-3-16(20)13-19/h4-7,16H,1-3,8-13H2. The molecule has 2 saturated heterocycles. The van der Waals surface area contributed by atoms with E-state index >= 15 is 0 Å². The lowest BCUT2D eigenvalue weighted by Gasteiger charge is -2.44. The minimum atomic E-state index is 0.220. The van der Waals surface area contributed by atoms with Crippen molar-refractivity contribution in [1.29, 1.82) is 0 Å². The van der Waals surface area contributed by atoms with E-state index < -0.39 is 0 Å². The van der Waals surface area contributed by atoms with E-state index in [1.165, 1.54) is 32.4 Å². The quantitative estimate of drug-likeness (QED) is 0.799. The number of hydrogen-bond donors (Lipinski definition) is 0. The molecule has 1 aromatic carbocycles. The van der Waals surface area contributed by atoms with E-state index in [4.69, 9.17) is 11.6 Å². The molecule has 0 radical (unpaired) electrons. The van der Waals surface area contributed by atoms with Crippen LogP contribution in [0.4, 0.5) is 0 Å². The highest BCUT2D eigenvalue weighted by molar-refractivity contribution is 6.30. The molecule has 3 nitrogen and oxygen atoms in total. The fraction of sp³-hybridized carbons (Fsp3) is 0.588. The summed E-state index contributed by atoms with van der Waals surface area (Å²) in [6.07, 6.45) is 4.64. The number of carbonyl (C=O) groups excluding carboxylic acids is 1. The van der Waals surface area contributed by atoms with Gasteiger partial charge in [0.25, 0.3) is 0 Å². The highest BCUT2D eigenvalue weighted by Crippen LogP contribution is 2.21. The molecule has 2 heterocycles. The Hall–Kier alpha value is -0.900. The lowest BCUT2D eigenvalue weighted by atomic mass is 9.99. The van der Waals surface area contributed by atoms with Crippen molar-refractivity contribution in [3.8, 4) is 0 Å². The third-order valence-electron chi connectivity index (χ3n) is 4.74. The number of carbonyl (C=O) groups is 1. The molecule has 21 heavy (non-hydrogen) atoms. The minimum Gasteiger partial charge on any atom is -0.300 e. The smallest absolute Gasteiger partial charge is 0.164 e. The molecular formula is C17H23ClN2O.